The molecule has 0 bridgehead atoms. The number of nitrogens with zero attached hydrogens (tertiary/aromatic N) is 6. The van der Waals surface area contributed by atoms with E-state index in [-0.39, 0.29) is 35.5 Å². The van der Waals surface area contributed by atoms with Crippen molar-refractivity contribution in [3.8, 4) is 11.7 Å². The minimum atomic E-state index is -0.823. The molecule has 0 N–H and O–H groups in total. The minimum absolute atomic E-state index is 0.0744. The first kappa shape index (κ1) is 22.3. The second kappa shape index (κ2) is 8.21. The molecule has 6 rings (SSSR count). The normalized spacial score (nSPS) is 15.6. The molecule has 1 aliphatic heterocycles. The summed E-state index contributed by atoms with van der Waals surface area (Å²) in [6, 6.07) is 5.43. The van der Waals surface area contributed by atoms with Gasteiger partial charge in [0.1, 0.15) is 23.5 Å². The van der Waals surface area contributed by atoms with Crippen LogP contribution in [0.4, 0.5) is 13.2 Å². The molecule has 4 heterocycles. The molecule has 184 valence electrons. The van der Waals surface area contributed by atoms with Gasteiger partial charge in [0.05, 0.1) is 29.9 Å². The summed E-state index contributed by atoms with van der Waals surface area (Å²) < 4.78 is 52.7. The summed E-state index contributed by atoms with van der Waals surface area (Å²) in [5.41, 5.74) is 1.67. The number of halogens is 3. The monoisotopic (exact) mass is 494 g/mol. The van der Waals surface area contributed by atoms with E-state index in [2.05, 4.69) is 15.0 Å². The zero-order valence-corrected chi connectivity index (χ0v) is 19.5. The lowest BCUT2D eigenvalue weighted by Crippen LogP contribution is -2.32. The Kier molecular flexibility index (Phi) is 5.09. The molecule has 36 heavy (non-hydrogen) atoms. The highest BCUT2D eigenvalue weighted by Crippen LogP contribution is 2.38. The van der Waals surface area contributed by atoms with Crippen molar-refractivity contribution in [2.45, 2.75) is 32.9 Å². The van der Waals surface area contributed by atoms with E-state index in [1.165, 1.54) is 39.9 Å². The van der Waals surface area contributed by atoms with Crippen LogP contribution in [0.5, 0.6) is 5.75 Å². The molecule has 0 spiro atoms. The molecule has 0 aliphatic carbocycles. The van der Waals surface area contributed by atoms with Crippen LogP contribution in [0.2, 0.25) is 0 Å². The van der Waals surface area contributed by atoms with E-state index in [1.807, 2.05) is 13.8 Å². The van der Waals surface area contributed by atoms with Crippen molar-refractivity contribution in [1.82, 2.24) is 28.7 Å². The van der Waals surface area contributed by atoms with Crippen LogP contribution in [0.3, 0.4) is 0 Å². The van der Waals surface area contributed by atoms with Crippen molar-refractivity contribution < 1.29 is 17.9 Å². The number of ether oxygens (including phenoxy) is 1. The van der Waals surface area contributed by atoms with Gasteiger partial charge < -0.3 is 4.74 Å². The van der Waals surface area contributed by atoms with Gasteiger partial charge in [-0.3, -0.25) is 13.7 Å². The number of benzene rings is 2. The first-order valence-corrected chi connectivity index (χ1v) is 11.5. The third-order valence-electron chi connectivity index (χ3n) is 6.31. The van der Waals surface area contributed by atoms with E-state index in [9.17, 15) is 18.0 Å². The van der Waals surface area contributed by atoms with Gasteiger partial charge in [-0.1, -0.05) is 13.8 Å². The highest BCUT2D eigenvalue weighted by atomic mass is 19.1. The van der Waals surface area contributed by atoms with Crippen LogP contribution >= 0.6 is 0 Å². The number of imidazole rings is 2. The third-order valence-corrected chi connectivity index (χ3v) is 6.31. The van der Waals surface area contributed by atoms with Crippen molar-refractivity contribution in [2.24, 2.45) is 5.92 Å². The number of rotatable bonds is 4. The van der Waals surface area contributed by atoms with Crippen LogP contribution in [-0.2, 0) is 6.54 Å². The molecule has 11 heteroatoms. The summed E-state index contributed by atoms with van der Waals surface area (Å²) in [6.45, 7) is 4.50. The maximum atomic E-state index is 14.5. The zero-order chi connectivity index (χ0) is 25.1. The number of hydrogen-bond donors (Lipinski definition) is 0. The minimum Gasteiger partial charge on any atom is -0.490 e. The Labute approximate surface area is 202 Å². The second-order valence-electron chi connectivity index (χ2n) is 9.24. The van der Waals surface area contributed by atoms with Crippen molar-refractivity contribution in [1.29, 1.82) is 0 Å². The lowest BCUT2D eigenvalue weighted by Gasteiger charge is -2.27. The fourth-order valence-electron chi connectivity index (χ4n) is 4.80. The van der Waals surface area contributed by atoms with E-state index in [4.69, 9.17) is 4.74 Å². The van der Waals surface area contributed by atoms with Crippen molar-refractivity contribution >= 4 is 22.2 Å². The fourth-order valence-corrected chi connectivity index (χ4v) is 4.80. The average molecular weight is 494 g/mol. The Hall–Kier alpha value is -4.15. The van der Waals surface area contributed by atoms with Crippen LogP contribution in [0.25, 0.3) is 28.1 Å². The molecule has 0 unspecified atom stereocenters. The van der Waals surface area contributed by atoms with Crippen molar-refractivity contribution in [2.75, 3.05) is 6.61 Å². The molecule has 1 aliphatic rings. The van der Waals surface area contributed by atoms with E-state index in [0.717, 1.165) is 6.07 Å². The molecule has 5 aromatic rings. The molecule has 0 fully saturated rings. The lowest BCUT2D eigenvalue weighted by atomic mass is 10.00. The van der Waals surface area contributed by atoms with Gasteiger partial charge in [-0.15, -0.1) is 0 Å². The molecular weight excluding hydrogens is 473 g/mol. The summed E-state index contributed by atoms with van der Waals surface area (Å²) in [6.07, 6.45) is 3.33. The van der Waals surface area contributed by atoms with Gasteiger partial charge in [-0.2, -0.15) is 4.98 Å². The smallest absolute Gasteiger partial charge is 0.330 e. The summed E-state index contributed by atoms with van der Waals surface area (Å²) in [5, 5.41) is 0. The van der Waals surface area contributed by atoms with Gasteiger partial charge in [0.2, 0.25) is 5.95 Å². The summed E-state index contributed by atoms with van der Waals surface area (Å²) >= 11 is 0. The van der Waals surface area contributed by atoms with E-state index in [1.54, 1.807) is 10.6 Å². The molecule has 8 nitrogen and oxygen atoms in total. The highest BCUT2D eigenvalue weighted by molar-refractivity contribution is 5.78. The summed E-state index contributed by atoms with van der Waals surface area (Å²) in [7, 11) is 0. The van der Waals surface area contributed by atoms with Crippen molar-refractivity contribution in [3.63, 3.8) is 0 Å². The average Bonchev–Trinajstić information content (AvgIpc) is 3.36. The Balaban J connectivity index is 1.61. The standard InChI is InChI=1S/C25H21F3N6O2/c1-13(2)11-32-21-10-29-24(33-12-30-18-4-3-14(26)9-20(18)33)31-23(21)34(25(32)35)19-5-6-36-22-16(19)7-15(27)8-17(22)28/h3-4,7-10,12-13,19H,5-6,11H2,1-2H3/t19-/m1/s1. The predicted octanol–water partition coefficient (Wildman–Crippen LogP) is 4.38. The fraction of sp³-hybridized carbons (Fsp3) is 0.280. The molecular formula is C25H21F3N6O2. The highest BCUT2D eigenvalue weighted by Gasteiger charge is 2.31. The van der Waals surface area contributed by atoms with E-state index in [0.29, 0.717) is 35.2 Å². The SMILES string of the molecule is CC(C)Cn1c(=O)n([C@@H]2CCOc3c(F)cc(F)cc32)c2nc(-n3cnc4ccc(F)cc43)ncc21. The number of aromatic nitrogens is 6. The third kappa shape index (κ3) is 3.45. The molecule has 0 radical (unpaired) electrons. The van der Waals surface area contributed by atoms with E-state index >= 15 is 0 Å². The van der Waals surface area contributed by atoms with Gasteiger partial charge >= 0.3 is 5.69 Å². The van der Waals surface area contributed by atoms with Crippen molar-refractivity contribution in [3.05, 3.63) is 76.4 Å². The van der Waals surface area contributed by atoms with Gasteiger partial charge in [-0.25, -0.2) is 27.9 Å². The van der Waals surface area contributed by atoms with Crippen LogP contribution in [-0.4, -0.2) is 35.3 Å². The van der Waals surface area contributed by atoms with E-state index < -0.39 is 23.5 Å². The van der Waals surface area contributed by atoms with Gasteiger partial charge in [-0.05, 0) is 24.1 Å². The van der Waals surface area contributed by atoms with Gasteiger partial charge in [0.15, 0.2) is 17.2 Å². The molecule has 1 atom stereocenters. The number of hydrogen-bond acceptors (Lipinski definition) is 5. The molecule has 0 saturated heterocycles. The Bertz CT molecular complexity index is 1700. The first-order chi connectivity index (χ1) is 17.3. The van der Waals surface area contributed by atoms with Crippen LogP contribution in [0.1, 0.15) is 31.9 Å². The molecule has 0 saturated carbocycles. The lowest BCUT2D eigenvalue weighted by molar-refractivity contribution is 0.242. The Morgan fingerprint density at radius 1 is 1.08 bits per heavy atom. The molecule has 0 amide bonds. The van der Waals surface area contributed by atoms with Gasteiger partial charge in [0.25, 0.3) is 0 Å². The quantitative estimate of drug-likeness (QED) is 0.371. The van der Waals surface area contributed by atoms with Gasteiger partial charge in [0, 0.05) is 30.7 Å². The maximum absolute atomic E-state index is 14.5. The molecule has 3 aromatic heterocycles. The zero-order valence-electron chi connectivity index (χ0n) is 19.5. The maximum Gasteiger partial charge on any atom is 0.330 e. The summed E-state index contributed by atoms with van der Waals surface area (Å²) in [4.78, 5) is 27.1. The topological polar surface area (TPSA) is 79.8 Å². The predicted molar refractivity (Wildman–Crippen MR) is 126 cm³/mol. The van der Waals surface area contributed by atoms with Crippen LogP contribution in [0.15, 0.2) is 47.7 Å². The Morgan fingerprint density at radius 2 is 1.92 bits per heavy atom. The first-order valence-electron chi connectivity index (χ1n) is 11.5. The summed E-state index contributed by atoms with van der Waals surface area (Å²) in [5.74, 6) is -1.77. The Morgan fingerprint density at radius 3 is 2.72 bits per heavy atom. The van der Waals surface area contributed by atoms with Crippen LogP contribution in [0, 0.1) is 23.4 Å². The number of fused-ring (bicyclic) bond motifs is 3. The van der Waals surface area contributed by atoms with Crippen LogP contribution < -0.4 is 10.4 Å². The largest absolute Gasteiger partial charge is 0.490 e. The second-order valence-corrected chi connectivity index (χ2v) is 9.24. The molecule has 2 aromatic carbocycles.